The summed E-state index contributed by atoms with van der Waals surface area (Å²) in [5.41, 5.74) is 3.33. The molecule has 7 atom stereocenters. The van der Waals surface area contributed by atoms with E-state index >= 15 is 0 Å². The maximum Gasteiger partial charge on any atom is 0.308 e. The second-order valence-electron chi connectivity index (χ2n) is 13.3. The van der Waals surface area contributed by atoms with Crippen LogP contribution in [0.25, 0.3) is 0 Å². The minimum atomic E-state index is -0.944. The van der Waals surface area contributed by atoms with Gasteiger partial charge in [-0.05, 0) is 57.2 Å². The predicted molar refractivity (Wildman–Crippen MR) is 156 cm³/mol. The summed E-state index contributed by atoms with van der Waals surface area (Å²) in [6.07, 6.45) is 2.32. The summed E-state index contributed by atoms with van der Waals surface area (Å²) in [5, 5.41) is 25.8. The molecule has 11 heteroatoms. The third kappa shape index (κ3) is 2.90. The Hall–Kier alpha value is -4.01. The van der Waals surface area contributed by atoms with Gasteiger partial charge in [0, 0.05) is 48.2 Å². The van der Waals surface area contributed by atoms with Gasteiger partial charge in [0.15, 0.2) is 23.0 Å². The van der Waals surface area contributed by atoms with Crippen LogP contribution in [0.1, 0.15) is 79.5 Å². The molecule has 0 bridgehead atoms. The van der Waals surface area contributed by atoms with Gasteiger partial charge in [-0.3, -0.25) is 19.4 Å². The number of piperazine rings is 1. The van der Waals surface area contributed by atoms with E-state index < -0.39 is 17.6 Å². The molecule has 2 aromatic carbocycles. The normalized spacial score (nSPS) is 34.0. The quantitative estimate of drug-likeness (QED) is 0.289. The number of amides is 1. The van der Waals surface area contributed by atoms with Gasteiger partial charge in [-0.1, -0.05) is 6.92 Å². The molecule has 1 amide bonds. The highest BCUT2D eigenvalue weighted by molar-refractivity contribution is 5.78. The number of nitrogens with one attached hydrogen (secondary N) is 1. The van der Waals surface area contributed by atoms with Crippen molar-refractivity contribution in [2.24, 2.45) is 0 Å². The van der Waals surface area contributed by atoms with Gasteiger partial charge in [0.25, 0.3) is 0 Å². The molecular formula is C33H36N4O7. The average Bonchev–Trinajstić information content (AvgIpc) is 3.64. The monoisotopic (exact) mass is 600 g/mol. The van der Waals surface area contributed by atoms with Crippen molar-refractivity contribution in [1.82, 2.24) is 15.1 Å². The first-order valence-corrected chi connectivity index (χ1v) is 15.3. The molecule has 2 saturated heterocycles. The van der Waals surface area contributed by atoms with Gasteiger partial charge in [-0.25, -0.2) is 0 Å². The van der Waals surface area contributed by atoms with Crippen LogP contribution in [0.5, 0.6) is 28.7 Å². The number of carbonyl (C=O) groups is 2. The maximum atomic E-state index is 13.0. The van der Waals surface area contributed by atoms with E-state index in [2.05, 4.69) is 27.3 Å². The molecule has 8 rings (SSSR count). The molecule has 0 aromatic heterocycles. The Labute approximate surface area is 255 Å². The Balaban J connectivity index is 1.39. The molecular weight excluding hydrogens is 564 g/mol. The van der Waals surface area contributed by atoms with Gasteiger partial charge in [0.05, 0.1) is 35.8 Å². The van der Waals surface area contributed by atoms with Gasteiger partial charge in [-0.2, -0.15) is 5.26 Å². The largest absolute Gasteiger partial charge is 0.504 e. The summed E-state index contributed by atoms with van der Waals surface area (Å²) >= 11 is 0. The highest BCUT2D eigenvalue weighted by Crippen LogP contribution is 2.90. The Morgan fingerprint density at radius 2 is 2.00 bits per heavy atom. The summed E-state index contributed by atoms with van der Waals surface area (Å²) in [4.78, 5) is 30.1. The van der Waals surface area contributed by atoms with Crippen molar-refractivity contribution in [2.45, 2.75) is 95.0 Å². The lowest BCUT2D eigenvalue weighted by Gasteiger charge is -2.58. The third-order valence-electron chi connectivity index (χ3n) is 11.2. The first kappa shape index (κ1) is 27.5. The third-order valence-corrected chi connectivity index (χ3v) is 11.2. The molecule has 0 radical (unpaired) electrons. The summed E-state index contributed by atoms with van der Waals surface area (Å²) in [5.74, 6) is 1.54. The van der Waals surface area contributed by atoms with Crippen molar-refractivity contribution in [2.75, 3.05) is 20.4 Å². The molecule has 5 aliphatic heterocycles. The van der Waals surface area contributed by atoms with Crippen molar-refractivity contribution >= 4 is 11.9 Å². The predicted octanol–water partition coefficient (Wildman–Crippen LogP) is 3.34. The van der Waals surface area contributed by atoms with Crippen LogP contribution >= 0.6 is 0 Å². The number of ether oxygens (including phenoxy) is 4. The van der Waals surface area contributed by atoms with Gasteiger partial charge in [0.2, 0.25) is 12.7 Å². The van der Waals surface area contributed by atoms with Gasteiger partial charge in [0.1, 0.15) is 11.8 Å². The average molecular weight is 601 g/mol. The topological polar surface area (TPSA) is 133 Å². The Bertz CT molecular complexity index is 1750. The first-order chi connectivity index (χ1) is 21.0. The van der Waals surface area contributed by atoms with Crippen LogP contribution in [0.15, 0.2) is 6.07 Å². The van der Waals surface area contributed by atoms with E-state index in [-0.39, 0.29) is 48.2 Å². The van der Waals surface area contributed by atoms with Crippen molar-refractivity contribution in [3.63, 3.8) is 0 Å². The first-order valence-electron chi connectivity index (χ1n) is 15.3. The molecule has 6 aliphatic rings. The summed E-state index contributed by atoms with van der Waals surface area (Å²) in [7, 11) is 1.56. The standard InChI is InChI=1S/C33H36N4O7/c1-7-8-22(39)35-13-31(5)24-18(28(44-17(4)38)16(3)29-30(24)43-14-42-29)10-20-25-23-19(9-15(2)27(41-6)26(23)40)32-12-33(32,37(25)32)21(11-34)36(20)31/h9,20-21,25,40H,7-8,10,12-14H2,1-6H3,(H,35,39)/t20?,21-,25?,31?,32+,33?,37?/m0/s1. The molecule has 2 aromatic rings. The lowest BCUT2D eigenvalue weighted by molar-refractivity contribution is -0.132. The van der Waals surface area contributed by atoms with E-state index in [4.69, 9.17) is 18.9 Å². The fraction of sp³-hybridized carbons (Fsp3) is 0.545. The molecule has 5 unspecified atom stereocenters. The van der Waals surface area contributed by atoms with Crippen LogP contribution in [0, 0.1) is 25.2 Å². The molecule has 1 aliphatic carbocycles. The van der Waals surface area contributed by atoms with E-state index in [0.717, 1.165) is 34.2 Å². The van der Waals surface area contributed by atoms with E-state index in [1.807, 2.05) is 27.7 Å². The number of hydrogen-bond acceptors (Lipinski definition) is 10. The smallest absolute Gasteiger partial charge is 0.308 e. The number of aryl methyl sites for hydroxylation is 1. The molecule has 2 spiro atoms. The number of benzene rings is 2. The zero-order valence-electron chi connectivity index (χ0n) is 25.8. The van der Waals surface area contributed by atoms with Gasteiger partial charge < -0.3 is 29.4 Å². The lowest BCUT2D eigenvalue weighted by atomic mass is 9.71. The molecule has 2 N–H and O–H groups in total. The molecule has 3 fully saturated rings. The summed E-state index contributed by atoms with van der Waals surface area (Å²) < 4.78 is 23.6. The maximum absolute atomic E-state index is 13.0. The molecule has 5 heterocycles. The number of carbonyl (C=O) groups excluding carboxylic acids is 2. The fourth-order valence-electron chi connectivity index (χ4n) is 9.59. The highest BCUT2D eigenvalue weighted by Gasteiger charge is 3.00. The van der Waals surface area contributed by atoms with Crippen LogP contribution in [0.2, 0.25) is 0 Å². The Kier molecular flexibility index (Phi) is 5.37. The van der Waals surface area contributed by atoms with Crippen molar-refractivity contribution in [3.8, 4) is 34.8 Å². The number of phenolic OH excluding ortho intramolecular Hbond substituents is 1. The number of hydrogen-bond donors (Lipinski definition) is 2. The van der Waals surface area contributed by atoms with Crippen LogP contribution in [-0.4, -0.2) is 64.9 Å². The SMILES string of the molecule is CCCC(=O)NCC1(C)c2c(c(OC(C)=O)c(C)c3c2OCO3)CC2C3c4c(cc(C)c(OC)c4O)[C@]45CC4([C@H](C#N)N21)N35. The number of nitriles is 1. The lowest BCUT2D eigenvalue weighted by Crippen LogP contribution is -2.69. The Morgan fingerprint density at radius 1 is 1.25 bits per heavy atom. The fourth-order valence-corrected chi connectivity index (χ4v) is 9.59. The number of fused-ring (bicyclic) bond motifs is 7. The zero-order chi connectivity index (χ0) is 31.1. The van der Waals surface area contributed by atoms with Crippen LogP contribution in [0.4, 0.5) is 0 Å². The number of phenols is 1. The number of esters is 1. The zero-order valence-corrected chi connectivity index (χ0v) is 25.8. The van der Waals surface area contributed by atoms with Gasteiger partial charge in [-0.15, -0.1) is 0 Å². The summed E-state index contributed by atoms with van der Waals surface area (Å²) in [6.45, 7) is 9.38. The number of methoxy groups -OCH3 is 1. The number of nitrogens with zero attached hydrogens (tertiary/aromatic N) is 3. The summed E-state index contributed by atoms with van der Waals surface area (Å²) in [6, 6.07) is 3.76. The second kappa shape index (κ2) is 8.58. The minimum absolute atomic E-state index is 0.0133. The van der Waals surface area contributed by atoms with Crippen molar-refractivity contribution in [1.29, 1.82) is 5.26 Å². The van der Waals surface area contributed by atoms with Crippen LogP contribution < -0.4 is 24.3 Å². The number of rotatable bonds is 6. The van der Waals surface area contributed by atoms with E-state index in [0.29, 0.717) is 47.8 Å². The van der Waals surface area contributed by atoms with E-state index in [1.54, 1.807) is 7.11 Å². The van der Waals surface area contributed by atoms with E-state index in [1.165, 1.54) is 6.92 Å². The van der Waals surface area contributed by atoms with Crippen LogP contribution in [-0.2, 0) is 27.1 Å². The molecule has 44 heavy (non-hydrogen) atoms. The van der Waals surface area contributed by atoms with Crippen molar-refractivity contribution in [3.05, 3.63) is 39.4 Å². The second-order valence-corrected chi connectivity index (χ2v) is 13.3. The highest BCUT2D eigenvalue weighted by atomic mass is 16.7. The van der Waals surface area contributed by atoms with E-state index in [9.17, 15) is 20.0 Å². The van der Waals surface area contributed by atoms with Gasteiger partial charge >= 0.3 is 5.97 Å². The van der Waals surface area contributed by atoms with Crippen molar-refractivity contribution < 1.29 is 33.6 Å². The van der Waals surface area contributed by atoms with Crippen LogP contribution in [0.3, 0.4) is 0 Å². The Morgan fingerprint density at radius 3 is 2.68 bits per heavy atom. The molecule has 11 nitrogen and oxygen atoms in total. The minimum Gasteiger partial charge on any atom is -0.504 e. The molecule has 1 saturated carbocycles. The number of aromatic hydroxyl groups is 1. The molecule has 230 valence electrons.